The van der Waals surface area contributed by atoms with Gasteiger partial charge in [0, 0.05) is 19.3 Å². The van der Waals surface area contributed by atoms with Gasteiger partial charge in [-0.2, -0.15) is 0 Å². The van der Waals surface area contributed by atoms with Crippen LogP contribution in [-0.4, -0.2) is 61.9 Å². The molecule has 3 N–H and O–H groups in total. The third-order valence-corrected chi connectivity index (χ3v) is 6.61. The molecule has 170 valence electrons. The first-order valence-corrected chi connectivity index (χ1v) is 11.7. The largest absolute Gasteiger partial charge is 0.497 e. The summed E-state index contributed by atoms with van der Waals surface area (Å²) in [6, 6.07) is 12.4. The van der Waals surface area contributed by atoms with Gasteiger partial charge in [-0.3, -0.25) is 14.5 Å². The third kappa shape index (κ3) is 5.42. The molecule has 0 unspecified atom stereocenters. The molecule has 0 aromatic heterocycles. The van der Waals surface area contributed by atoms with Gasteiger partial charge in [0.25, 0.3) is 5.91 Å². The number of carbonyl (C=O) groups excluding carboxylic acids is 2. The lowest BCUT2D eigenvalue weighted by atomic mass is 10.1. The zero-order chi connectivity index (χ0) is 23.5. The molecule has 1 fully saturated rings. The summed E-state index contributed by atoms with van der Waals surface area (Å²) in [5, 5.41) is 8.25. The van der Waals surface area contributed by atoms with Crippen molar-refractivity contribution in [1.29, 1.82) is 0 Å². The van der Waals surface area contributed by atoms with Crippen LogP contribution < -0.4 is 15.2 Å². The molecule has 0 bridgehead atoms. The lowest BCUT2D eigenvalue weighted by molar-refractivity contribution is -0.130. The van der Waals surface area contributed by atoms with E-state index in [2.05, 4.69) is 5.32 Å². The Kier molecular flexibility index (Phi) is 7.12. The molecule has 1 saturated heterocycles. The fourth-order valence-corrected chi connectivity index (χ4v) is 4.21. The van der Waals surface area contributed by atoms with E-state index < -0.39 is 16.1 Å². The minimum absolute atomic E-state index is 0.0286. The molecule has 0 spiro atoms. The second kappa shape index (κ2) is 9.63. The molecule has 2 aromatic rings. The molecule has 32 heavy (non-hydrogen) atoms. The first-order chi connectivity index (χ1) is 15.1. The fourth-order valence-electron chi connectivity index (χ4n) is 3.38. The number of nitrogens with zero attached hydrogens (tertiary/aromatic N) is 2. The van der Waals surface area contributed by atoms with E-state index in [0.717, 1.165) is 5.56 Å². The van der Waals surface area contributed by atoms with E-state index in [-0.39, 0.29) is 23.1 Å². The van der Waals surface area contributed by atoms with Crippen molar-refractivity contribution in [3.8, 4) is 5.75 Å². The summed E-state index contributed by atoms with van der Waals surface area (Å²) in [4.78, 5) is 28.4. The first-order valence-electron chi connectivity index (χ1n) is 9.74. The predicted octanol–water partition coefficient (Wildman–Crippen LogP) is 1.34. The van der Waals surface area contributed by atoms with Crippen molar-refractivity contribution in [2.45, 2.75) is 23.8 Å². The maximum atomic E-state index is 12.7. The molecule has 2 aromatic carbocycles. The highest BCUT2D eigenvalue weighted by molar-refractivity contribution is 7.89. The van der Waals surface area contributed by atoms with Gasteiger partial charge in [-0.1, -0.05) is 12.1 Å². The highest BCUT2D eigenvalue weighted by Gasteiger charge is 2.41. The Hall–Kier alpha value is -3.02. The number of methoxy groups -OCH3 is 1. The maximum Gasteiger partial charge on any atom is 0.251 e. The van der Waals surface area contributed by atoms with Crippen molar-refractivity contribution in [3.05, 3.63) is 54.1 Å². The molecule has 1 atom stereocenters. The summed E-state index contributed by atoms with van der Waals surface area (Å²) in [6.07, 6.45) is 0.447. The van der Waals surface area contributed by atoms with E-state index in [1.165, 1.54) is 17.0 Å². The number of thiocarbonyl (C=S) groups is 1. The summed E-state index contributed by atoms with van der Waals surface area (Å²) in [5.74, 6) is 0.114. The number of anilines is 1. The number of amides is 2. The number of hydrogen-bond acceptors (Lipinski definition) is 6. The average Bonchev–Trinajstić information content (AvgIpc) is 2.96. The van der Waals surface area contributed by atoms with Crippen LogP contribution in [0.2, 0.25) is 0 Å². The minimum atomic E-state index is -3.76. The van der Waals surface area contributed by atoms with Crippen molar-refractivity contribution in [2.75, 3.05) is 26.0 Å². The summed E-state index contributed by atoms with van der Waals surface area (Å²) < 4.78 is 27.9. The smallest absolute Gasteiger partial charge is 0.251 e. The number of primary sulfonamides is 1. The number of ether oxygens (including phenoxy) is 1. The molecule has 1 aliphatic rings. The lowest BCUT2D eigenvalue weighted by Gasteiger charge is -2.23. The van der Waals surface area contributed by atoms with Crippen molar-refractivity contribution >= 4 is 44.9 Å². The first kappa shape index (κ1) is 23.6. The highest BCUT2D eigenvalue weighted by atomic mass is 32.2. The third-order valence-electron chi connectivity index (χ3n) is 5.17. The number of rotatable bonds is 8. The Bertz CT molecular complexity index is 1120. The highest BCUT2D eigenvalue weighted by Crippen LogP contribution is 2.22. The van der Waals surface area contributed by atoms with E-state index in [4.69, 9.17) is 22.1 Å². The molecule has 2 amide bonds. The number of sulfonamides is 1. The molecule has 0 radical (unpaired) electrons. The molecule has 3 rings (SSSR count). The van der Waals surface area contributed by atoms with Gasteiger partial charge in [0.05, 0.1) is 18.4 Å². The summed E-state index contributed by atoms with van der Waals surface area (Å²) in [5.41, 5.74) is 1.45. The summed E-state index contributed by atoms with van der Waals surface area (Å²) in [7, 11) is -0.619. The molecule has 9 nitrogen and oxygen atoms in total. The van der Waals surface area contributed by atoms with E-state index in [9.17, 15) is 18.0 Å². The van der Waals surface area contributed by atoms with E-state index in [0.29, 0.717) is 29.5 Å². The standard InChI is InChI=1S/C21H24N4O5S2/c1-24-20(27)18(13-19(26)23-15-5-7-16(30-2)8-6-15)25(21(24)31)12-11-14-3-9-17(10-4-14)32(22,28)29/h3-10,18H,11-13H2,1-2H3,(H,23,26)(H2,22,28,29)/t18-/m1/s1. The van der Waals surface area contributed by atoms with Crippen LogP contribution in [-0.2, 0) is 26.0 Å². The van der Waals surface area contributed by atoms with Crippen LogP contribution in [0.1, 0.15) is 12.0 Å². The number of hydrogen-bond donors (Lipinski definition) is 2. The van der Waals surface area contributed by atoms with Crippen LogP contribution in [0.15, 0.2) is 53.4 Å². The van der Waals surface area contributed by atoms with Crippen molar-refractivity contribution in [3.63, 3.8) is 0 Å². The maximum absolute atomic E-state index is 12.7. The van der Waals surface area contributed by atoms with E-state index in [1.807, 2.05) is 0 Å². The number of nitrogens with one attached hydrogen (secondary N) is 1. The van der Waals surface area contributed by atoms with Crippen LogP contribution in [0.25, 0.3) is 0 Å². The van der Waals surface area contributed by atoms with Gasteiger partial charge in [-0.05, 0) is 60.6 Å². The molecule has 0 saturated carbocycles. The van der Waals surface area contributed by atoms with E-state index in [1.54, 1.807) is 55.5 Å². The number of benzene rings is 2. The van der Waals surface area contributed by atoms with Gasteiger partial charge in [-0.25, -0.2) is 13.6 Å². The molecule has 0 aliphatic carbocycles. The second-order valence-corrected chi connectivity index (χ2v) is 9.24. The Morgan fingerprint density at radius 2 is 1.78 bits per heavy atom. The minimum Gasteiger partial charge on any atom is -0.497 e. The van der Waals surface area contributed by atoms with Crippen LogP contribution in [0.4, 0.5) is 5.69 Å². The van der Waals surface area contributed by atoms with Crippen LogP contribution in [0, 0.1) is 0 Å². The van der Waals surface area contributed by atoms with Gasteiger partial charge in [0.2, 0.25) is 15.9 Å². The normalized spacial score (nSPS) is 16.4. The molecule has 11 heteroatoms. The van der Waals surface area contributed by atoms with Crippen molar-refractivity contribution in [2.24, 2.45) is 5.14 Å². The number of likely N-dealkylation sites (N-methyl/N-ethyl adjacent to an activating group) is 1. The van der Waals surface area contributed by atoms with Crippen LogP contribution >= 0.6 is 12.2 Å². The molecular weight excluding hydrogens is 452 g/mol. The summed E-state index contributed by atoms with van der Waals surface area (Å²) in [6.45, 7) is 0.393. The zero-order valence-corrected chi connectivity index (χ0v) is 19.3. The number of nitrogens with two attached hydrogens (primary N) is 1. The van der Waals surface area contributed by atoms with E-state index >= 15 is 0 Å². The van der Waals surface area contributed by atoms with Crippen molar-refractivity contribution in [1.82, 2.24) is 9.80 Å². The SMILES string of the molecule is COc1ccc(NC(=O)C[C@@H]2C(=O)N(C)C(=S)N2CCc2ccc(S(N)(=O)=O)cc2)cc1. The van der Waals surface area contributed by atoms with Gasteiger partial charge < -0.3 is 15.0 Å². The average molecular weight is 477 g/mol. The van der Waals surface area contributed by atoms with Gasteiger partial charge in [0.1, 0.15) is 11.8 Å². The number of carbonyl (C=O) groups is 2. The molecule has 1 aliphatic heterocycles. The summed E-state index contributed by atoms with van der Waals surface area (Å²) >= 11 is 5.40. The monoisotopic (exact) mass is 476 g/mol. The lowest BCUT2D eigenvalue weighted by Crippen LogP contribution is -2.39. The zero-order valence-electron chi connectivity index (χ0n) is 17.6. The van der Waals surface area contributed by atoms with Gasteiger partial charge in [-0.15, -0.1) is 0 Å². The quantitative estimate of drug-likeness (QED) is 0.552. The van der Waals surface area contributed by atoms with Gasteiger partial charge in [0.15, 0.2) is 5.11 Å². The molecule has 1 heterocycles. The second-order valence-electron chi connectivity index (χ2n) is 7.31. The predicted molar refractivity (Wildman–Crippen MR) is 124 cm³/mol. The molecular formula is C21H24N4O5S2. The van der Waals surface area contributed by atoms with Crippen molar-refractivity contribution < 1.29 is 22.7 Å². The van der Waals surface area contributed by atoms with Crippen LogP contribution in [0.3, 0.4) is 0 Å². The topological polar surface area (TPSA) is 122 Å². The Morgan fingerprint density at radius 1 is 1.16 bits per heavy atom. The fraction of sp³-hybridized carbons (Fsp3) is 0.286. The Labute approximate surface area is 192 Å². The van der Waals surface area contributed by atoms with Crippen LogP contribution in [0.5, 0.6) is 5.75 Å². The Balaban J connectivity index is 1.66. The Morgan fingerprint density at radius 3 is 2.34 bits per heavy atom. The van der Waals surface area contributed by atoms with Gasteiger partial charge >= 0.3 is 0 Å².